The van der Waals surface area contributed by atoms with Gasteiger partial charge in [-0.05, 0) is 44.9 Å². The van der Waals surface area contributed by atoms with Gasteiger partial charge in [-0.2, -0.15) is 0 Å². The summed E-state index contributed by atoms with van der Waals surface area (Å²) in [5, 5.41) is 13.2. The minimum absolute atomic E-state index is 0.0210. The van der Waals surface area contributed by atoms with E-state index >= 15 is 0 Å². The third-order valence-corrected chi connectivity index (χ3v) is 4.15. The number of nitrogens with one attached hydrogen (secondary N) is 1. The number of carbonyl (C=O) groups is 1. The van der Waals surface area contributed by atoms with Gasteiger partial charge in [0.1, 0.15) is 18.5 Å². The van der Waals surface area contributed by atoms with E-state index < -0.39 is 6.10 Å². The van der Waals surface area contributed by atoms with Crippen LogP contribution < -0.4 is 10.1 Å². The molecule has 0 spiro atoms. The first-order valence-corrected chi connectivity index (χ1v) is 9.33. The van der Waals surface area contributed by atoms with Crippen molar-refractivity contribution in [2.45, 2.75) is 45.9 Å². The number of aliphatic hydroxyl groups is 1. The highest BCUT2D eigenvalue weighted by Crippen LogP contribution is 2.13. The number of imidazole rings is 1. The van der Waals surface area contributed by atoms with Gasteiger partial charge in [0, 0.05) is 31.5 Å². The minimum Gasteiger partial charge on any atom is -0.491 e. The Morgan fingerprint density at radius 2 is 2.22 bits per heavy atom. The molecule has 0 aliphatic carbocycles. The van der Waals surface area contributed by atoms with E-state index in [1.807, 2.05) is 55.8 Å². The zero-order valence-corrected chi connectivity index (χ0v) is 16.3. The van der Waals surface area contributed by atoms with Crippen molar-refractivity contribution in [2.75, 3.05) is 19.7 Å². The molecule has 1 atom stereocenters. The Bertz CT molecular complexity index is 688. The molecule has 2 amide bonds. The van der Waals surface area contributed by atoms with Crippen molar-refractivity contribution in [3.8, 4) is 5.75 Å². The average Bonchev–Trinajstić information content (AvgIpc) is 3.14. The SMILES string of the molecule is Cc1cccc(OC[C@@H](O)CN(C(=O)NCCCn2ccnc2)C(C)C)c1. The quantitative estimate of drug-likeness (QED) is 0.626. The first kappa shape index (κ1) is 20.8. The van der Waals surface area contributed by atoms with Crippen LogP contribution in [0.1, 0.15) is 25.8 Å². The molecule has 0 saturated heterocycles. The molecular weight excluding hydrogens is 344 g/mol. The summed E-state index contributed by atoms with van der Waals surface area (Å²) >= 11 is 0. The Balaban J connectivity index is 1.74. The summed E-state index contributed by atoms with van der Waals surface area (Å²) in [6.07, 6.45) is 5.44. The van der Waals surface area contributed by atoms with Crippen molar-refractivity contribution in [3.63, 3.8) is 0 Å². The molecule has 0 radical (unpaired) electrons. The largest absolute Gasteiger partial charge is 0.491 e. The maximum Gasteiger partial charge on any atom is 0.317 e. The predicted molar refractivity (Wildman–Crippen MR) is 105 cm³/mol. The molecule has 7 heteroatoms. The normalized spacial score (nSPS) is 12.0. The van der Waals surface area contributed by atoms with E-state index in [4.69, 9.17) is 4.74 Å². The smallest absolute Gasteiger partial charge is 0.317 e. The summed E-state index contributed by atoms with van der Waals surface area (Å²) in [5.41, 5.74) is 1.10. The van der Waals surface area contributed by atoms with Gasteiger partial charge in [-0.15, -0.1) is 0 Å². The average molecular weight is 374 g/mol. The van der Waals surface area contributed by atoms with Crippen LogP contribution in [0.2, 0.25) is 0 Å². The van der Waals surface area contributed by atoms with Crippen LogP contribution in [0.15, 0.2) is 43.0 Å². The number of aromatic nitrogens is 2. The lowest BCUT2D eigenvalue weighted by molar-refractivity contribution is 0.0690. The van der Waals surface area contributed by atoms with E-state index in [0.717, 1.165) is 18.5 Å². The number of amides is 2. The van der Waals surface area contributed by atoms with Crippen molar-refractivity contribution in [1.82, 2.24) is 19.8 Å². The summed E-state index contributed by atoms with van der Waals surface area (Å²) in [4.78, 5) is 18.1. The number of hydrogen-bond acceptors (Lipinski definition) is 4. The van der Waals surface area contributed by atoms with Crippen molar-refractivity contribution in [1.29, 1.82) is 0 Å². The van der Waals surface area contributed by atoms with Crippen molar-refractivity contribution in [2.24, 2.45) is 0 Å². The molecule has 2 aromatic rings. The van der Waals surface area contributed by atoms with Gasteiger partial charge in [0.05, 0.1) is 12.9 Å². The molecular formula is C20H30N4O3. The van der Waals surface area contributed by atoms with E-state index in [-0.39, 0.29) is 25.2 Å². The van der Waals surface area contributed by atoms with Gasteiger partial charge in [0.25, 0.3) is 0 Å². The highest BCUT2D eigenvalue weighted by atomic mass is 16.5. The first-order valence-electron chi connectivity index (χ1n) is 9.33. The van der Waals surface area contributed by atoms with Crippen LogP contribution in [-0.4, -0.2) is 57.4 Å². The van der Waals surface area contributed by atoms with Gasteiger partial charge in [0.2, 0.25) is 0 Å². The summed E-state index contributed by atoms with van der Waals surface area (Å²) in [6.45, 7) is 7.57. The monoisotopic (exact) mass is 374 g/mol. The number of aliphatic hydroxyl groups excluding tert-OH is 1. The van der Waals surface area contributed by atoms with E-state index in [1.54, 1.807) is 17.4 Å². The van der Waals surface area contributed by atoms with Crippen LogP contribution in [0.3, 0.4) is 0 Å². The Labute approximate surface area is 161 Å². The van der Waals surface area contributed by atoms with E-state index in [0.29, 0.717) is 12.3 Å². The number of urea groups is 1. The highest BCUT2D eigenvalue weighted by molar-refractivity contribution is 5.74. The number of aryl methyl sites for hydroxylation is 2. The Morgan fingerprint density at radius 3 is 2.89 bits per heavy atom. The molecule has 0 aliphatic heterocycles. The second kappa shape index (κ2) is 10.6. The second-order valence-electron chi connectivity index (χ2n) is 6.91. The number of carbonyl (C=O) groups excluding carboxylic acids is 1. The van der Waals surface area contributed by atoms with Gasteiger partial charge in [-0.25, -0.2) is 9.78 Å². The zero-order chi connectivity index (χ0) is 19.6. The van der Waals surface area contributed by atoms with Crippen LogP contribution in [0.4, 0.5) is 4.79 Å². The van der Waals surface area contributed by atoms with Crippen LogP contribution in [0.5, 0.6) is 5.75 Å². The number of hydrogen-bond donors (Lipinski definition) is 2. The van der Waals surface area contributed by atoms with Gasteiger partial charge in [-0.1, -0.05) is 12.1 Å². The van der Waals surface area contributed by atoms with Gasteiger partial charge in [-0.3, -0.25) is 0 Å². The van der Waals surface area contributed by atoms with Gasteiger partial charge < -0.3 is 24.6 Å². The highest BCUT2D eigenvalue weighted by Gasteiger charge is 2.20. The van der Waals surface area contributed by atoms with Gasteiger partial charge in [0.15, 0.2) is 0 Å². The lowest BCUT2D eigenvalue weighted by Gasteiger charge is -2.29. The maximum atomic E-state index is 12.4. The number of ether oxygens (including phenoxy) is 1. The molecule has 0 bridgehead atoms. The van der Waals surface area contributed by atoms with Crippen LogP contribution >= 0.6 is 0 Å². The predicted octanol–water partition coefficient (Wildman–Crippen LogP) is 2.44. The molecule has 148 valence electrons. The molecule has 1 heterocycles. The number of nitrogens with zero attached hydrogens (tertiary/aromatic N) is 3. The fourth-order valence-electron chi connectivity index (χ4n) is 2.68. The molecule has 0 aliphatic rings. The lowest BCUT2D eigenvalue weighted by atomic mass is 10.2. The third-order valence-electron chi connectivity index (χ3n) is 4.15. The molecule has 0 unspecified atom stereocenters. The molecule has 2 rings (SSSR count). The van der Waals surface area contributed by atoms with Crippen molar-refractivity contribution < 1.29 is 14.6 Å². The van der Waals surface area contributed by atoms with Crippen LogP contribution in [0, 0.1) is 6.92 Å². The van der Waals surface area contributed by atoms with Crippen LogP contribution in [-0.2, 0) is 6.54 Å². The molecule has 0 saturated carbocycles. The Hall–Kier alpha value is -2.54. The first-order chi connectivity index (χ1) is 13.0. The third kappa shape index (κ3) is 7.30. The zero-order valence-electron chi connectivity index (χ0n) is 16.3. The second-order valence-corrected chi connectivity index (χ2v) is 6.91. The van der Waals surface area contributed by atoms with E-state index in [2.05, 4.69) is 10.3 Å². The Kier molecular flexibility index (Phi) is 8.13. The molecule has 1 aromatic heterocycles. The molecule has 2 N–H and O–H groups in total. The fraction of sp³-hybridized carbons (Fsp3) is 0.500. The van der Waals surface area contributed by atoms with E-state index in [9.17, 15) is 9.90 Å². The fourth-order valence-corrected chi connectivity index (χ4v) is 2.68. The molecule has 27 heavy (non-hydrogen) atoms. The molecule has 1 aromatic carbocycles. The van der Waals surface area contributed by atoms with Crippen molar-refractivity contribution in [3.05, 3.63) is 48.5 Å². The number of rotatable bonds is 10. The summed E-state index contributed by atoms with van der Waals surface area (Å²) in [7, 11) is 0. The van der Waals surface area contributed by atoms with E-state index in [1.165, 1.54) is 0 Å². The summed E-state index contributed by atoms with van der Waals surface area (Å²) in [5.74, 6) is 0.717. The topological polar surface area (TPSA) is 79.6 Å². The lowest BCUT2D eigenvalue weighted by Crippen LogP contribution is -2.48. The maximum absolute atomic E-state index is 12.4. The van der Waals surface area contributed by atoms with Gasteiger partial charge >= 0.3 is 6.03 Å². The Morgan fingerprint density at radius 1 is 1.41 bits per heavy atom. The summed E-state index contributed by atoms with van der Waals surface area (Å²) < 4.78 is 7.60. The number of benzene rings is 1. The standard InChI is InChI=1S/C20H30N4O3/c1-16(2)24(20(26)22-8-5-10-23-11-9-21-15-23)13-18(25)14-27-19-7-4-6-17(3)12-19/h4,6-7,9,11-12,15-16,18,25H,5,8,10,13-14H2,1-3H3,(H,22,26)/t18-/m0/s1. The van der Waals surface area contributed by atoms with Crippen molar-refractivity contribution >= 4 is 6.03 Å². The minimum atomic E-state index is -0.760. The molecule has 0 fully saturated rings. The molecule has 7 nitrogen and oxygen atoms in total. The van der Waals surface area contributed by atoms with Crippen LogP contribution in [0.25, 0.3) is 0 Å². The summed E-state index contributed by atoms with van der Waals surface area (Å²) in [6, 6.07) is 7.47.